The molecule has 104 valence electrons. The molecule has 20 heavy (non-hydrogen) atoms. The lowest BCUT2D eigenvalue weighted by atomic mass is 10.2. The summed E-state index contributed by atoms with van der Waals surface area (Å²) < 4.78 is 38.0. The summed E-state index contributed by atoms with van der Waals surface area (Å²) >= 11 is 1.00. The quantitative estimate of drug-likeness (QED) is 0.675. The molecule has 0 unspecified atom stereocenters. The zero-order chi connectivity index (χ0) is 14.8. The highest BCUT2D eigenvalue weighted by molar-refractivity contribution is 7.99. The lowest BCUT2D eigenvalue weighted by molar-refractivity contribution is -0.141. The van der Waals surface area contributed by atoms with Crippen molar-refractivity contribution in [1.29, 1.82) is 5.41 Å². The number of nitrogens with two attached hydrogens (primary N) is 1. The molecule has 2 heterocycles. The van der Waals surface area contributed by atoms with E-state index in [2.05, 4.69) is 9.97 Å². The number of hydrogen-bond acceptors (Lipinski definition) is 4. The summed E-state index contributed by atoms with van der Waals surface area (Å²) in [6, 6.07) is 5.24. The number of rotatable bonds is 3. The third-order valence-electron chi connectivity index (χ3n) is 2.31. The van der Waals surface area contributed by atoms with E-state index in [1.54, 1.807) is 12.1 Å². The Bertz CT molecular complexity index is 628. The standard InChI is InChI=1S/C12H9F3N4S/c13-12(14,15)9-2-1-8(10(16)17)11(19-9)20-7-3-5-18-6-4-7/h1-6H,(H3,16,17). The third kappa shape index (κ3) is 3.27. The van der Waals surface area contributed by atoms with Crippen LogP contribution in [-0.2, 0) is 6.18 Å². The molecule has 0 aliphatic heterocycles. The number of amidine groups is 1. The lowest BCUT2D eigenvalue weighted by Crippen LogP contribution is -2.16. The number of nitrogens with zero attached hydrogens (tertiary/aromatic N) is 2. The minimum Gasteiger partial charge on any atom is -0.384 e. The fourth-order valence-corrected chi connectivity index (χ4v) is 2.31. The summed E-state index contributed by atoms with van der Waals surface area (Å²) in [4.78, 5) is 8.04. The van der Waals surface area contributed by atoms with Crippen LogP contribution in [0.1, 0.15) is 11.3 Å². The molecule has 0 radical (unpaired) electrons. The number of nitrogens with one attached hydrogen (secondary N) is 1. The molecule has 0 aliphatic rings. The van der Waals surface area contributed by atoms with Gasteiger partial charge in [-0.3, -0.25) is 10.4 Å². The highest BCUT2D eigenvalue weighted by atomic mass is 32.2. The molecule has 0 aromatic carbocycles. The summed E-state index contributed by atoms with van der Waals surface area (Å²) in [5.74, 6) is -0.331. The van der Waals surface area contributed by atoms with Crippen LogP contribution in [-0.4, -0.2) is 15.8 Å². The zero-order valence-corrected chi connectivity index (χ0v) is 10.8. The summed E-state index contributed by atoms with van der Waals surface area (Å²) in [6.07, 6.45) is -1.50. The zero-order valence-electron chi connectivity index (χ0n) is 9.98. The third-order valence-corrected chi connectivity index (χ3v) is 3.32. The summed E-state index contributed by atoms with van der Waals surface area (Å²) in [7, 11) is 0. The Morgan fingerprint density at radius 1 is 1.15 bits per heavy atom. The van der Waals surface area contributed by atoms with E-state index in [1.807, 2.05) is 0 Å². The van der Waals surface area contributed by atoms with Crippen LogP contribution in [0.25, 0.3) is 0 Å². The minimum atomic E-state index is -4.54. The van der Waals surface area contributed by atoms with Crippen molar-refractivity contribution in [1.82, 2.24) is 9.97 Å². The van der Waals surface area contributed by atoms with Gasteiger partial charge < -0.3 is 5.73 Å². The molecule has 0 aliphatic carbocycles. The molecule has 2 rings (SSSR count). The second-order valence-electron chi connectivity index (χ2n) is 3.75. The molecule has 0 bridgehead atoms. The summed E-state index contributed by atoms with van der Waals surface area (Å²) in [6.45, 7) is 0. The maximum atomic E-state index is 12.7. The fraction of sp³-hybridized carbons (Fsp3) is 0.0833. The number of aromatic nitrogens is 2. The van der Waals surface area contributed by atoms with Crippen LogP contribution in [0.5, 0.6) is 0 Å². The molecule has 0 saturated carbocycles. The SMILES string of the molecule is N=C(N)c1ccc(C(F)(F)F)nc1Sc1ccncc1. The van der Waals surface area contributed by atoms with Crippen LogP contribution in [0.2, 0.25) is 0 Å². The Balaban J connectivity index is 2.45. The van der Waals surface area contributed by atoms with Gasteiger partial charge in [-0.15, -0.1) is 0 Å². The van der Waals surface area contributed by atoms with E-state index in [9.17, 15) is 13.2 Å². The lowest BCUT2D eigenvalue weighted by Gasteiger charge is -2.11. The van der Waals surface area contributed by atoms with Crippen molar-refractivity contribution in [2.24, 2.45) is 5.73 Å². The first-order chi connectivity index (χ1) is 9.38. The fourth-order valence-electron chi connectivity index (χ4n) is 1.40. The van der Waals surface area contributed by atoms with E-state index < -0.39 is 11.9 Å². The molecule has 2 aromatic heterocycles. The molecule has 0 fully saturated rings. The molecule has 0 atom stereocenters. The van der Waals surface area contributed by atoms with Gasteiger partial charge in [0.1, 0.15) is 16.6 Å². The van der Waals surface area contributed by atoms with Crippen LogP contribution in [0.4, 0.5) is 13.2 Å². The molecule has 8 heteroatoms. The van der Waals surface area contributed by atoms with E-state index in [1.165, 1.54) is 12.4 Å². The van der Waals surface area contributed by atoms with Gasteiger partial charge in [-0.1, -0.05) is 11.8 Å². The summed E-state index contributed by atoms with van der Waals surface area (Å²) in [5.41, 5.74) is 4.52. The van der Waals surface area contributed by atoms with Crippen LogP contribution >= 0.6 is 11.8 Å². The van der Waals surface area contributed by atoms with E-state index >= 15 is 0 Å². The van der Waals surface area contributed by atoms with Crippen LogP contribution < -0.4 is 5.73 Å². The average Bonchev–Trinajstić information content (AvgIpc) is 2.38. The minimum absolute atomic E-state index is 0.0403. The molecule has 0 saturated heterocycles. The molecule has 2 aromatic rings. The first kappa shape index (κ1) is 14.3. The molecule has 3 N–H and O–H groups in total. The van der Waals surface area contributed by atoms with Crippen molar-refractivity contribution in [3.05, 3.63) is 47.9 Å². The number of halogens is 3. The normalized spacial score (nSPS) is 11.3. The van der Waals surface area contributed by atoms with Crippen LogP contribution in [0.15, 0.2) is 46.6 Å². The van der Waals surface area contributed by atoms with Gasteiger partial charge in [0.25, 0.3) is 0 Å². The first-order valence-corrected chi connectivity index (χ1v) is 6.20. The van der Waals surface area contributed by atoms with Gasteiger partial charge in [0, 0.05) is 22.9 Å². The largest absolute Gasteiger partial charge is 0.433 e. The summed E-state index contributed by atoms with van der Waals surface area (Å²) in [5, 5.41) is 7.44. The molecular formula is C12H9F3N4S. The Hall–Kier alpha value is -2.09. The highest BCUT2D eigenvalue weighted by Gasteiger charge is 2.33. The van der Waals surface area contributed by atoms with Crippen molar-refractivity contribution < 1.29 is 13.2 Å². The van der Waals surface area contributed by atoms with Crippen LogP contribution in [0, 0.1) is 5.41 Å². The molecular weight excluding hydrogens is 289 g/mol. The van der Waals surface area contributed by atoms with E-state index in [0.29, 0.717) is 4.90 Å². The Labute approximate surface area is 116 Å². The van der Waals surface area contributed by atoms with Gasteiger partial charge in [-0.25, -0.2) is 4.98 Å². The van der Waals surface area contributed by atoms with Crippen molar-refractivity contribution in [2.45, 2.75) is 16.1 Å². The maximum Gasteiger partial charge on any atom is 0.433 e. The number of pyridine rings is 2. The van der Waals surface area contributed by atoms with E-state index in [4.69, 9.17) is 11.1 Å². The Morgan fingerprint density at radius 3 is 2.35 bits per heavy atom. The number of hydrogen-bond donors (Lipinski definition) is 2. The van der Waals surface area contributed by atoms with Gasteiger partial charge in [-0.05, 0) is 24.3 Å². The van der Waals surface area contributed by atoms with Gasteiger partial charge in [0.2, 0.25) is 0 Å². The Kier molecular flexibility index (Phi) is 3.93. The topological polar surface area (TPSA) is 75.7 Å². The monoisotopic (exact) mass is 298 g/mol. The van der Waals surface area contributed by atoms with Crippen molar-refractivity contribution >= 4 is 17.6 Å². The van der Waals surface area contributed by atoms with Gasteiger partial charge in [0.15, 0.2) is 0 Å². The van der Waals surface area contributed by atoms with E-state index in [0.717, 1.165) is 23.9 Å². The Morgan fingerprint density at radius 2 is 1.80 bits per heavy atom. The smallest absolute Gasteiger partial charge is 0.384 e. The number of alkyl halides is 3. The highest BCUT2D eigenvalue weighted by Crippen LogP contribution is 2.33. The van der Waals surface area contributed by atoms with Crippen molar-refractivity contribution in [2.75, 3.05) is 0 Å². The van der Waals surface area contributed by atoms with Crippen molar-refractivity contribution in [3.63, 3.8) is 0 Å². The average molecular weight is 298 g/mol. The predicted octanol–water partition coefficient (Wildman–Crippen LogP) is 2.93. The van der Waals surface area contributed by atoms with Gasteiger partial charge in [-0.2, -0.15) is 13.2 Å². The van der Waals surface area contributed by atoms with Crippen LogP contribution in [0.3, 0.4) is 0 Å². The van der Waals surface area contributed by atoms with Gasteiger partial charge in [0.05, 0.1) is 0 Å². The molecule has 0 spiro atoms. The van der Waals surface area contributed by atoms with Crippen molar-refractivity contribution in [3.8, 4) is 0 Å². The van der Waals surface area contributed by atoms with E-state index in [-0.39, 0.29) is 16.4 Å². The molecule has 0 amide bonds. The first-order valence-electron chi connectivity index (χ1n) is 5.38. The second-order valence-corrected chi connectivity index (χ2v) is 4.81. The second kappa shape index (κ2) is 5.49. The molecule has 4 nitrogen and oxygen atoms in total. The maximum absolute atomic E-state index is 12.7. The van der Waals surface area contributed by atoms with Gasteiger partial charge >= 0.3 is 6.18 Å². The predicted molar refractivity (Wildman–Crippen MR) is 68.6 cm³/mol. The number of nitrogen functional groups attached to an aromatic ring is 1.